The normalized spacial score (nSPS) is 11.6. The summed E-state index contributed by atoms with van der Waals surface area (Å²) in [5.41, 5.74) is 0.436. The molecule has 0 aliphatic heterocycles. The Morgan fingerprint density at radius 3 is 2.45 bits per heavy atom. The third-order valence-electron chi connectivity index (χ3n) is 3.58. The van der Waals surface area contributed by atoms with Gasteiger partial charge in [-0.15, -0.1) is 0 Å². The van der Waals surface area contributed by atoms with Gasteiger partial charge in [0.25, 0.3) is 0 Å². The molecule has 1 aromatic rings. The van der Waals surface area contributed by atoms with Crippen LogP contribution in [0.4, 0.5) is 4.79 Å². The fraction of sp³-hybridized carbons (Fsp3) is 0.600. The lowest BCUT2D eigenvalue weighted by atomic mass is 10.2. The highest BCUT2D eigenvalue weighted by molar-refractivity contribution is 6.32. The molecule has 0 radical (unpaired) electrons. The van der Waals surface area contributed by atoms with E-state index in [1.54, 1.807) is 14.2 Å². The first-order valence-electron chi connectivity index (χ1n) is 9.60. The maximum atomic E-state index is 11.6. The van der Waals surface area contributed by atoms with Crippen molar-refractivity contribution in [1.29, 1.82) is 0 Å². The quantitative estimate of drug-likeness (QED) is 0.317. The van der Waals surface area contributed by atoms with E-state index in [4.69, 9.17) is 25.8 Å². The molecule has 0 aliphatic carbocycles. The molecule has 0 heterocycles. The zero-order valence-corrected chi connectivity index (χ0v) is 18.9. The van der Waals surface area contributed by atoms with Crippen molar-refractivity contribution in [2.45, 2.75) is 46.3 Å². The highest BCUT2D eigenvalue weighted by atomic mass is 35.5. The van der Waals surface area contributed by atoms with E-state index in [1.165, 1.54) is 0 Å². The Morgan fingerprint density at radius 1 is 1.17 bits per heavy atom. The largest absolute Gasteiger partial charge is 0.493 e. The zero-order chi connectivity index (χ0) is 21.9. The summed E-state index contributed by atoms with van der Waals surface area (Å²) in [6.07, 6.45) is 0.309. The van der Waals surface area contributed by atoms with Crippen LogP contribution in [0.15, 0.2) is 17.1 Å². The smallest absolute Gasteiger partial charge is 0.407 e. The average molecular weight is 429 g/mol. The first-order valence-corrected chi connectivity index (χ1v) is 9.98. The molecule has 8 nitrogen and oxygen atoms in total. The molecule has 0 saturated carbocycles. The number of ether oxygens (including phenoxy) is 3. The number of guanidine groups is 1. The predicted molar refractivity (Wildman–Crippen MR) is 116 cm³/mol. The van der Waals surface area contributed by atoms with Gasteiger partial charge in [-0.1, -0.05) is 11.6 Å². The monoisotopic (exact) mass is 428 g/mol. The fourth-order valence-electron chi connectivity index (χ4n) is 2.37. The summed E-state index contributed by atoms with van der Waals surface area (Å²) in [5, 5.41) is 9.63. The molecule has 0 aliphatic rings. The average Bonchev–Trinajstić information content (AvgIpc) is 2.64. The molecule has 1 aromatic carbocycles. The first-order chi connectivity index (χ1) is 13.7. The van der Waals surface area contributed by atoms with Crippen molar-refractivity contribution in [3.63, 3.8) is 0 Å². The summed E-state index contributed by atoms with van der Waals surface area (Å²) in [4.78, 5) is 15.8. The number of amides is 1. The molecule has 0 aromatic heterocycles. The van der Waals surface area contributed by atoms with Gasteiger partial charge in [0.05, 0.1) is 18.7 Å². The zero-order valence-electron chi connectivity index (χ0n) is 18.1. The molecular formula is C20H33ClN4O4. The Hall–Kier alpha value is -2.35. The number of carbonyl (C=O) groups excluding carboxylic acids is 1. The molecule has 0 unspecified atom stereocenters. The van der Waals surface area contributed by atoms with Gasteiger partial charge >= 0.3 is 6.09 Å². The first kappa shape index (κ1) is 24.7. The van der Waals surface area contributed by atoms with Crippen molar-refractivity contribution < 1.29 is 19.0 Å². The van der Waals surface area contributed by atoms with Gasteiger partial charge in [-0.05, 0) is 51.8 Å². The van der Waals surface area contributed by atoms with Crippen molar-refractivity contribution in [3.8, 4) is 11.5 Å². The number of nitrogens with one attached hydrogen (secondary N) is 3. The third kappa shape index (κ3) is 9.60. The van der Waals surface area contributed by atoms with Crippen LogP contribution in [0.1, 0.15) is 39.7 Å². The van der Waals surface area contributed by atoms with Crippen molar-refractivity contribution in [3.05, 3.63) is 22.7 Å². The van der Waals surface area contributed by atoms with Gasteiger partial charge in [0.15, 0.2) is 17.5 Å². The highest BCUT2D eigenvalue weighted by Crippen LogP contribution is 2.36. The molecule has 0 saturated heterocycles. The number of methoxy groups -OCH3 is 1. The van der Waals surface area contributed by atoms with E-state index >= 15 is 0 Å². The fourth-order valence-corrected chi connectivity index (χ4v) is 2.65. The Balaban J connectivity index is 2.43. The number of alkyl carbamates (subject to hydrolysis) is 1. The minimum absolute atomic E-state index is 0.415. The van der Waals surface area contributed by atoms with Crippen LogP contribution in [0.2, 0.25) is 5.02 Å². The Bertz CT molecular complexity index is 690. The Kier molecular flexibility index (Phi) is 10.4. The number of rotatable bonds is 9. The van der Waals surface area contributed by atoms with Crippen molar-refractivity contribution in [1.82, 2.24) is 16.0 Å². The Morgan fingerprint density at radius 2 is 1.86 bits per heavy atom. The number of benzene rings is 1. The van der Waals surface area contributed by atoms with Crippen LogP contribution in [0.3, 0.4) is 0 Å². The number of carbonyl (C=O) groups is 1. The third-order valence-corrected chi connectivity index (χ3v) is 3.86. The number of halogens is 1. The summed E-state index contributed by atoms with van der Waals surface area (Å²) < 4.78 is 16.1. The molecular weight excluding hydrogens is 396 g/mol. The second kappa shape index (κ2) is 12.3. The standard InChI is InChI=1S/C20H33ClN4O4/c1-7-28-17-15(21)11-14(12-16(17)27-6)13-25-18(22-5)23-9-8-10-24-19(26)29-20(2,3)4/h11-12H,7-10,13H2,1-6H3,(H,24,26)(H2,22,23,25). The topological polar surface area (TPSA) is 93.2 Å². The summed E-state index contributed by atoms with van der Waals surface area (Å²) in [6, 6.07) is 3.71. The van der Waals surface area contributed by atoms with Crippen molar-refractivity contribution in [2.75, 3.05) is 33.9 Å². The highest BCUT2D eigenvalue weighted by Gasteiger charge is 2.15. The van der Waals surface area contributed by atoms with Crippen LogP contribution in [0, 0.1) is 0 Å². The number of nitrogens with zero attached hydrogens (tertiary/aromatic N) is 1. The summed E-state index contributed by atoms with van der Waals surface area (Å²) in [6.45, 7) is 9.55. The molecule has 1 rings (SSSR count). The molecule has 29 heavy (non-hydrogen) atoms. The summed E-state index contributed by atoms with van der Waals surface area (Å²) in [7, 11) is 3.28. The number of hydrogen-bond donors (Lipinski definition) is 3. The predicted octanol–water partition coefficient (Wildman–Crippen LogP) is 3.33. The SMILES string of the molecule is CCOc1c(Cl)cc(CNC(=NC)NCCCNC(=O)OC(C)(C)C)cc1OC. The van der Waals surface area contributed by atoms with E-state index in [2.05, 4.69) is 20.9 Å². The van der Waals surface area contributed by atoms with Crippen LogP contribution >= 0.6 is 11.6 Å². The maximum absolute atomic E-state index is 11.6. The van der Waals surface area contributed by atoms with Crippen LogP contribution in [0.5, 0.6) is 11.5 Å². The minimum atomic E-state index is -0.499. The van der Waals surface area contributed by atoms with Gasteiger partial charge in [0.2, 0.25) is 0 Å². The van der Waals surface area contributed by atoms with E-state index in [1.807, 2.05) is 39.8 Å². The van der Waals surface area contributed by atoms with Gasteiger partial charge in [-0.25, -0.2) is 4.79 Å². The second-order valence-electron chi connectivity index (χ2n) is 7.18. The van der Waals surface area contributed by atoms with Gasteiger partial charge in [-0.3, -0.25) is 4.99 Å². The van der Waals surface area contributed by atoms with Crippen LogP contribution < -0.4 is 25.4 Å². The van der Waals surface area contributed by atoms with Crippen LogP contribution in [-0.2, 0) is 11.3 Å². The molecule has 0 spiro atoms. The second-order valence-corrected chi connectivity index (χ2v) is 7.58. The number of aliphatic imine (C=N–C) groups is 1. The lowest BCUT2D eigenvalue weighted by Crippen LogP contribution is -2.39. The molecule has 1 amide bonds. The van der Waals surface area contributed by atoms with Crippen molar-refractivity contribution in [2.24, 2.45) is 4.99 Å². The lowest BCUT2D eigenvalue weighted by molar-refractivity contribution is 0.0527. The summed E-state index contributed by atoms with van der Waals surface area (Å²) >= 11 is 6.30. The maximum Gasteiger partial charge on any atom is 0.407 e. The molecule has 0 fully saturated rings. The van der Waals surface area contributed by atoms with Gasteiger partial charge in [0, 0.05) is 26.7 Å². The van der Waals surface area contributed by atoms with Crippen molar-refractivity contribution >= 4 is 23.7 Å². The molecule has 164 valence electrons. The minimum Gasteiger partial charge on any atom is -0.493 e. The van der Waals surface area contributed by atoms with Gasteiger partial charge in [0.1, 0.15) is 5.60 Å². The van der Waals surface area contributed by atoms with Gasteiger partial charge in [-0.2, -0.15) is 0 Å². The molecule has 0 bridgehead atoms. The van der Waals surface area contributed by atoms with E-state index in [0.29, 0.717) is 48.7 Å². The van der Waals surface area contributed by atoms with E-state index < -0.39 is 11.7 Å². The summed E-state index contributed by atoms with van der Waals surface area (Å²) in [5.74, 6) is 1.78. The molecule has 3 N–H and O–H groups in total. The van der Waals surface area contributed by atoms with Crippen LogP contribution in [0.25, 0.3) is 0 Å². The molecule has 0 atom stereocenters. The van der Waals surface area contributed by atoms with Gasteiger partial charge < -0.3 is 30.2 Å². The van der Waals surface area contributed by atoms with E-state index in [-0.39, 0.29) is 0 Å². The van der Waals surface area contributed by atoms with Crippen LogP contribution in [-0.4, -0.2) is 51.5 Å². The van der Waals surface area contributed by atoms with E-state index in [0.717, 1.165) is 12.0 Å². The lowest BCUT2D eigenvalue weighted by Gasteiger charge is -2.19. The molecule has 9 heteroatoms. The van der Waals surface area contributed by atoms with E-state index in [9.17, 15) is 4.79 Å². The Labute approximate surface area is 178 Å². The number of hydrogen-bond acceptors (Lipinski definition) is 5.